The van der Waals surface area contributed by atoms with Gasteiger partial charge in [-0.2, -0.15) is 0 Å². The molecule has 0 bridgehead atoms. The van der Waals surface area contributed by atoms with Crippen LogP contribution in [0.2, 0.25) is 0 Å². The molecule has 0 fully saturated rings. The van der Waals surface area contributed by atoms with Gasteiger partial charge >= 0.3 is 0 Å². The molecular formula is C75H45NOS2. The van der Waals surface area contributed by atoms with Gasteiger partial charge in [-0.25, -0.2) is 0 Å². The van der Waals surface area contributed by atoms with E-state index in [-0.39, 0.29) is 0 Å². The summed E-state index contributed by atoms with van der Waals surface area (Å²) in [5.41, 5.74) is 24.4. The van der Waals surface area contributed by atoms with E-state index in [2.05, 4.69) is 278 Å². The van der Waals surface area contributed by atoms with Crippen LogP contribution in [0.15, 0.2) is 293 Å². The Morgan fingerprint density at radius 1 is 0.253 bits per heavy atom. The van der Waals surface area contributed by atoms with Gasteiger partial charge in [0.05, 0.1) is 21.9 Å². The maximum absolute atomic E-state index is 6.86. The summed E-state index contributed by atoms with van der Waals surface area (Å²) in [5, 5.41) is 0. The molecule has 3 heterocycles. The third-order valence-electron chi connectivity index (χ3n) is 18.3. The van der Waals surface area contributed by atoms with Gasteiger partial charge < -0.3 is 9.64 Å². The standard InChI is InChI=1S/C75H45NOS2/c1-4-23-53-48(20-1)50-42-40-46(44-63(50)73(53)56-26-7-13-34-66(56)77-67-35-14-8-27-57(67)73)76(47-41-43-51-49-21-2-5-24-54(49)75(64(51)45-47)60-30-11-17-38-70(60)79-71-39-18-12-31-61(71)75)65-33-19-32-62-72(65)52-22-3-6-25-55(52)74(62)58-28-9-15-36-68(58)78-69-37-16-10-29-59(69)74/h1-45H. The summed E-state index contributed by atoms with van der Waals surface area (Å²) >= 11 is 3.78. The third kappa shape index (κ3) is 5.46. The second-order valence-corrected chi connectivity index (χ2v) is 23.8. The first-order valence-corrected chi connectivity index (χ1v) is 28.9. The van der Waals surface area contributed by atoms with Crippen molar-refractivity contribution < 1.29 is 4.74 Å². The highest BCUT2D eigenvalue weighted by Gasteiger charge is 2.54. The van der Waals surface area contributed by atoms with Crippen molar-refractivity contribution in [2.24, 2.45) is 0 Å². The van der Waals surface area contributed by atoms with Crippen LogP contribution in [0.1, 0.15) is 66.8 Å². The van der Waals surface area contributed by atoms with Gasteiger partial charge in [-0.3, -0.25) is 0 Å². The molecule has 3 spiro atoms. The van der Waals surface area contributed by atoms with Gasteiger partial charge in [0.25, 0.3) is 0 Å². The molecule has 0 radical (unpaired) electrons. The molecule has 0 unspecified atom stereocenters. The van der Waals surface area contributed by atoms with Gasteiger partial charge in [0.15, 0.2) is 0 Å². The summed E-state index contributed by atoms with van der Waals surface area (Å²) in [6.07, 6.45) is 0. The van der Waals surface area contributed by atoms with Gasteiger partial charge in [0, 0.05) is 47.6 Å². The van der Waals surface area contributed by atoms with Crippen molar-refractivity contribution in [3.8, 4) is 44.9 Å². The van der Waals surface area contributed by atoms with Gasteiger partial charge in [0.1, 0.15) is 11.5 Å². The van der Waals surface area contributed by atoms with E-state index >= 15 is 0 Å². The fraction of sp³-hybridized carbons (Fsp3) is 0.0400. The normalized spacial score (nSPS) is 15.4. The van der Waals surface area contributed by atoms with Crippen LogP contribution in [0.25, 0.3) is 33.4 Å². The van der Waals surface area contributed by atoms with Crippen molar-refractivity contribution in [1.29, 1.82) is 0 Å². The van der Waals surface area contributed by atoms with E-state index in [1.165, 1.54) is 109 Å². The number of hydrogen-bond acceptors (Lipinski definition) is 4. The van der Waals surface area contributed by atoms with Crippen LogP contribution < -0.4 is 9.64 Å². The zero-order chi connectivity index (χ0) is 51.6. The lowest BCUT2D eigenvalue weighted by atomic mass is 9.66. The smallest absolute Gasteiger partial charge is 0.132 e. The predicted octanol–water partition coefficient (Wildman–Crippen LogP) is 19.3. The molecule has 79 heavy (non-hydrogen) atoms. The molecule has 0 saturated heterocycles. The maximum Gasteiger partial charge on any atom is 0.132 e. The fourth-order valence-electron chi connectivity index (χ4n) is 15.5. The fourth-order valence-corrected chi connectivity index (χ4v) is 17.8. The minimum absolute atomic E-state index is 0.554. The number of benzene rings is 12. The van der Waals surface area contributed by atoms with Crippen molar-refractivity contribution in [2.75, 3.05) is 4.90 Å². The van der Waals surface area contributed by atoms with E-state index in [9.17, 15) is 0 Å². The summed E-state index contributed by atoms with van der Waals surface area (Å²) in [4.78, 5) is 7.79. The largest absolute Gasteiger partial charge is 0.457 e. The molecule has 18 rings (SSSR count). The Bertz CT molecular complexity index is 4310. The SMILES string of the molecule is c1ccc2c(c1)Oc1ccccc1C21c2ccccc2-c2ccc(N(c3ccc4c(c3)C3(c5ccccc5Sc5ccccc53)c3ccccc3-4)c3cccc4c3-c3ccccc3C43c4ccccc4Sc4ccccc43)cc21. The summed E-state index contributed by atoms with van der Waals surface area (Å²) < 4.78 is 6.86. The zero-order valence-corrected chi connectivity index (χ0v) is 44.3. The molecule has 368 valence electrons. The Balaban J connectivity index is 0.964. The number of ether oxygens (including phenoxy) is 1. The van der Waals surface area contributed by atoms with Crippen LogP contribution in [0.5, 0.6) is 11.5 Å². The third-order valence-corrected chi connectivity index (χ3v) is 20.6. The number of anilines is 3. The molecule has 12 aromatic carbocycles. The van der Waals surface area contributed by atoms with E-state index in [1.54, 1.807) is 0 Å². The Hall–Kier alpha value is -9.06. The number of nitrogens with zero attached hydrogens (tertiary/aromatic N) is 1. The van der Waals surface area contributed by atoms with Crippen LogP contribution in [0.3, 0.4) is 0 Å². The average molecular weight is 1040 g/mol. The maximum atomic E-state index is 6.86. The van der Waals surface area contributed by atoms with Crippen LogP contribution in [-0.4, -0.2) is 0 Å². The minimum atomic E-state index is -0.654. The monoisotopic (exact) mass is 1040 g/mol. The van der Waals surface area contributed by atoms with Gasteiger partial charge in [-0.1, -0.05) is 230 Å². The molecule has 0 atom stereocenters. The van der Waals surface area contributed by atoms with E-state index in [1.807, 2.05) is 23.5 Å². The van der Waals surface area contributed by atoms with Crippen LogP contribution >= 0.6 is 23.5 Å². The lowest BCUT2D eigenvalue weighted by Crippen LogP contribution is -2.32. The molecule has 3 aliphatic carbocycles. The van der Waals surface area contributed by atoms with Gasteiger partial charge in [-0.05, 0) is 150 Å². The van der Waals surface area contributed by atoms with Gasteiger partial charge in [0.2, 0.25) is 0 Å². The van der Waals surface area contributed by atoms with E-state index < -0.39 is 16.2 Å². The lowest BCUT2D eigenvalue weighted by Gasteiger charge is -2.40. The Kier molecular flexibility index (Phi) is 8.92. The van der Waals surface area contributed by atoms with Crippen molar-refractivity contribution in [3.63, 3.8) is 0 Å². The van der Waals surface area contributed by atoms with Crippen molar-refractivity contribution >= 4 is 40.6 Å². The summed E-state index contributed by atoms with van der Waals surface area (Å²) in [7, 11) is 0. The predicted molar refractivity (Wildman–Crippen MR) is 321 cm³/mol. The Morgan fingerprint density at radius 2 is 0.582 bits per heavy atom. The summed E-state index contributed by atoms with van der Waals surface area (Å²) in [6, 6.07) is 103. The number of hydrogen-bond donors (Lipinski definition) is 0. The van der Waals surface area contributed by atoms with E-state index in [4.69, 9.17) is 4.74 Å². The molecule has 0 aromatic heterocycles. The highest BCUT2D eigenvalue weighted by molar-refractivity contribution is 7.99. The lowest BCUT2D eigenvalue weighted by molar-refractivity contribution is 0.436. The molecule has 3 aliphatic heterocycles. The topological polar surface area (TPSA) is 12.5 Å². The molecule has 6 aliphatic rings. The highest BCUT2D eigenvalue weighted by atomic mass is 32.2. The highest BCUT2D eigenvalue weighted by Crippen LogP contribution is 2.68. The molecule has 0 saturated carbocycles. The minimum Gasteiger partial charge on any atom is -0.457 e. The molecule has 0 amide bonds. The number of rotatable bonds is 3. The molecule has 12 aromatic rings. The second-order valence-electron chi connectivity index (χ2n) is 21.7. The van der Waals surface area contributed by atoms with Gasteiger partial charge in [-0.15, -0.1) is 0 Å². The van der Waals surface area contributed by atoms with Crippen LogP contribution in [-0.2, 0) is 16.2 Å². The van der Waals surface area contributed by atoms with E-state index in [0.29, 0.717) is 0 Å². The first-order valence-electron chi connectivity index (χ1n) is 27.3. The average Bonchev–Trinajstić information content (AvgIpc) is 3.09. The first-order chi connectivity index (χ1) is 39.2. The molecular weight excluding hydrogens is 995 g/mol. The van der Waals surface area contributed by atoms with Crippen molar-refractivity contribution in [2.45, 2.75) is 35.8 Å². The first kappa shape index (κ1) is 44.0. The Morgan fingerprint density at radius 3 is 1.05 bits per heavy atom. The summed E-state index contributed by atoms with van der Waals surface area (Å²) in [6.45, 7) is 0. The van der Waals surface area contributed by atoms with Crippen LogP contribution in [0.4, 0.5) is 17.1 Å². The van der Waals surface area contributed by atoms with Crippen molar-refractivity contribution in [3.05, 3.63) is 340 Å². The van der Waals surface area contributed by atoms with E-state index in [0.717, 1.165) is 39.7 Å². The number of para-hydroxylation sites is 2. The van der Waals surface area contributed by atoms with Crippen molar-refractivity contribution in [1.82, 2.24) is 0 Å². The molecule has 0 N–H and O–H groups in total. The van der Waals surface area contributed by atoms with Crippen LogP contribution in [0, 0.1) is 0 Å². The Labute approximate surface area is 467 Å². The number of fused-ring (bicyclic) bond motifs is 27. The molecule has 4 heteroatoms. The summed E-state index contributed by atoms with van der Waals surface area (Å²) in [5.74, 6) is 1.77. The quantitative estimate of drug-likeness (QED) is 0.175. The zero-order valence-electron chi connectivity index (χ0n) is 42.7. The molecule has 2 nitrogen and oxygen atoms in total. The second kappa shape index (κ2) is 16.0.